The van der Waals surface area contributed by atoms with E-state index < -0.39 is 11.9 Å². The number of esters is 1. The molecule has 2 aromatic carbocycles. The maximum absolute atomic E-state index is 12.3. The molecule has 2 N–H and O–H groups in total. The zero-order chi connectivity index (χ0) is 21.6. The van der Waals surface area contributed by atoms with Crippen LogP contribution in [-0.4, -0.2) is 53.3 Å². The van der Waals surface area contributed by atoms with Crippen molar-refractivity contribution < 1.29 is 29.3 Å². The molecule has 0 saturated heterocycles. The minimum Gasteiger partial charge on any atom is -0.508 e. The lowest BCUT2D eigenvalue weighted by Crippen LogP contribution is -2.28. The van der Waals surface area contributed by atoms with E-state index in [1.165, 1.54) is 0 Å². The third-order valence-corrected chi connectivity index (χ3v) is 4.02. The van der Waals surface area contributed by atoms with E-state index in [0.717, 1.165) is 20.0 Å². The van der Waals surface area contributed by atoms with Gasteiger partial charge < -0.3 is 24.6 Å². The molecule has 2 rings (SSSR count). The molecule has 0 amide bonds. The second-order valence-electron chi connectivity index (χ2n) is 6.10. The topological polar surface area (TPSA) is 96.3 Å². The van der Waals surface area contributed by atoms with Gasteiger partial charge in [-0.3, -0.25) is 4.79 Å². The van der Waals surface area contributed by atoms with Crippen LogP contribution in [0.2, 0.25) is 0 Å². The van der Waals surface area contributed by atoms with Crippen LogP contribution >= 0.6 is 0 Å². The van der Waals surface area contributed by atoms with Crippen LogP contribution in [0.1, 0.15) is 36.7 Å². The van der Waals surface area contributed by atoms with Gasteiger partial charge in [-0.1, -0.05) is 44.2 Å². The Labute approximate surface area is 171 Å². The van der Waals surface area contributed by atoms with Crippen molar-refractivity contribution in [3.63, 3.8) is 0 Å². The molecular weight excluding hydrogens is 374 g/mol. The molecule has 0 aromatic heterocycles. The van der Waals surface area contributed by atoms with Crippen molar-refractivity contribution in [2.75, 3.05) is 26.2 Å². The van der Waals surface area contributed by atoms with Crippen LogP contribution < -0.4 is 4.74 Å². The third kappa shape index (κ3) is 9.12. The number of hydrogen-bond acceptors (Lipinski definition) is 6. The minimum atomic E-state index is -0.833. The number of hydrogen-bond donors (Lipinski definition) is 2. The Bertz CT molecular complexity index is 769. The van der Waals surface area contributed by atoms with E-state index in [1.807, 2.05) is 6.07 Å². The highest BCUT2D eigenvalue weighted by Crippen LogP contribution is 2.23. The van der Waals surface area contributed by atoms with Crippen molar-refractivity contribution in [1.29, 1.82) is 0 Å². The average Bonchev–Trinajstić information content (AvgIpc) is 2.70. The summed E-state index contributed by atoms with van der Waals surface area (Å²) in [7, 11) is 0. The largest absolute Gasteiger partial charge is 0.508 e. The first-order chi connectivity index (χ1) is 13.9. The zero-order valence-corrected chi connectivity index (χ0v) is 17.1. The van der Waals surface area contributed by atoms with Crippen molar-refractivity contribution >= 4 is 11.9 Å². The fourth-order valence-electron chi connectivity index (χ4n) is 2.43. The van der Waals surface area contributed by atoms with Gasteiger partial charge >= 0.3 is 5.97 Å². The van der Waals surface area contributed by atoms with Gasteiger partial charge in [0.2, 0.25) is 0 Å². The van der Waals surface area contributed by atoms with Gasteiger partial charge in [0.1, 0.15) is 30.3 Å². The van der Waals surface area contributed by atoms with Crippen molar-refractivity contribution in [2.45, 2.75) is 27.4 Å². The molecule has 0 radical (unpaired) electrons. The molecule has 0 unspecified atom stereocenters. The Hall–Kier alpha value is -3.06. The van der Waals surface area contributed by atoms with Crippen LogP contribution in [0.4, 0.5) is 0 Å². The van der Waals surface area contributed by atoms with Crippen LogP contribution in [0.25, 0.3) is 0 Å². The second kappa shape index (κ2) is 13.2. The predicted molar refractivity (Wildman–Crippen MR) is 110 cm³/mol. The molecular formula is C22H29NO6. The smallest absolute Gasteiger partial charge is 0.341 e. The molecule has 0 saturated carbocycles. The van der Waals surface area contributed by atoms with E-state index in [0.29, 0.717) is 30.0 Å². The predicted octanol–water partition coefficient (Wildman–Crippen LogP) is 3.56. The van der Waals surface area contributed by atoms with E-state index in [1.54, 1.807) is 42.5 Å². The van der Waals surface area contributed by atoms with E-state index >= 15 is 0 Å². The van der Waals surface area contributed by atoms with Crippen LogP contribution in [0.5, 0.6) is 11.5 Å². The Morgan fingerprint density at radius 1 is 1.00 bits per heavy atom. The molecule has 0 atom stereocenters. The number of phenolic OH excluding ortho intramolecular Hbond substituents is 1. The minimum absolute atomic E-state index is 0.168. The summed E-state index contributed by atoms with van der Waals surface area (Å²) in [6.45, 7) is 8.31. The summed E-state index contributed by atoms with van der Waals surface area (Å²) < 4.78 is 11.1. The summed E-state index contributed by atoms with van der Waals surface area (Å²) in [5.41, 5.74) is 1.05. The molecule has 0 spiro atoms. The lowest BCUT2D eigenvalue weighted by Gasteiger charge is -2.18. The van der Waals surface area contributed by atoms with Crippen LogP contribution in [0.3, 0.4) is 0 Å². The van der Waals surface area contributed by atoms with E-state index in [9.17, 15) is 9.90 Å². The Morgan fingerprint density at radius 3 is 2.21 bits per heavy atom. The fraction of sp³-hybridized carbons (Fsp3) is 0.364. The highest BCUT2D eigenvalue weighted by molar-refractivity contribution is 5.92. The number of nitrogens with zero attached hydrogens (tertiary/aromatic N) is 1. The number of likely N-dealkylation sites (N-methyl/N-ethyl adjacent to an activating group) is 1. The summed E-state index contributed by atoms with van der Waals surface area (Å²) in [5.74, 6) is -0.625. The maximum atomic E-state index is 12.3. The highest BCUT2D eigenvalue weighted by atomic mass is 16.5. The highest BCUT2D eigenvalue weighted by Gasteiger charge is 2.14. The van der Waals surface area contributed by atoms with Crippen LogP contribution in [-0.2, 0) is 16.1 Å². The van der Waals surface area contributed by atoms with E-state index in [2.05, 4.69) is 18.7 Å². The molecule has 0 fully saturated rings. The number of rotatable bonds is 9. The summed E-state index contributed by atoms with van der Waals surface area (Å²) in [5, 5.41) is 17.2. The SMILES string of the molecule is CC(=O)O.CCN(CC)CCOC(=O)c1ccccc1OCc1ccccc1O. The number of benzene rings is 2. The molecule has 0 bridgehead atoms. The molecule has 0 aliphatic carbocycles. The summed E-state index contributed by atoms with van der Waals surface area (Å²) in [6.07, 6.45) is 0. The molecule has 7 nitrogen and oxygen atoms in total. The standard InChI is InChI=1S/C20H25NO4.C2H4O2/c1-3-21(4-2)13-14-24-20(23)17-10-6-8-12-19(17)25-15-16-9-5-7-11-18(16)22;1-2(3)4/h5-12,22H,3-4,13-15H2,1-2H3;1H3,(H,3,4). The fourth-order valence-corrected chi connectivity index (χ4v) is 2.43. The molecule has 0 aliphatic heterocycles. The number of carboxylic acids is 1. The Morgan fingerprint density at radius 2 is 1.59 bits per heavy atom. The zero-order valence-electron chi connectivity index (χ0n) is 17.1. The number of aliphatic carboxylic acids is 1. The Balaban J connectivity index is 0.000000960. The quantitative estimate of drug-likeness (QED) is 0.618. The van der Waals surface area contributed by atoms with Crippen molar-refractivity contribution in [1.82, 2.24) is 4.90 Å². The average molecular weight is 403 g/mol. The van der Waals surface area contributed by atoms with E-state index in [4.69, 9.17) is 19.4 Å². The molecule has 0 heterocycles. The van der Waals surface area contributed by atoms with Gasteiger partial charge in [0.15, 0.2) is 0 Å². The third-order valence-electron chi connectivity index (χ3n) is 4.02. The number of carboxylic acid groups (broad SMARTS) is 1. The van der Waals surface area contributed by atoms with Crippen molar-refractivity contribution in [3.05, 3.63) is 59.7 Å². The van der Waals surface area contributed by atoms with Crippen LogP contribution in [0, 0.1) is 0 Å². The number of para-hydroxylation sites is 2. The molecule has 2 aromatic rings. The van der Waals surface area contributed by atoms with Crippen molar-refractivity contribution in [3.8, 4) is 11.5 Å². The summed E-state index contributed by atoms with van der Waals surface area (Å²) >= 11 is 0. The second-order valence-corrected chi connectivity index (χ2v) is 6.10. The van der Waals surface area contributed by atoms with Crippen LogP contribution in [0.15, 0.2) is 48.5 Å². The van der Waals surface area contributed by atoms with Gasteiger partial charge in [-0.15, -0.1) is 0 Å². The summed E-state index contributed by atoms with van der Waals surface area (Å²) in [6, 6.07) is 13.9. The van der Waals surface area contributed by atoms with Gasteiger partial charge in [-0.2, -0.15) is 0 Å². The summed E-state index contributed by atoms with van der Waals surface area (Å²) in [4.78, 5) is 23.5. The molecule has 158 valence electrons. The number of carbonyl (C=O) groups excluding carboxylic acids is 1. The first kappa shape index (κ1) is 24.0. The number of phenols is 1. The van der Waals surface area contributed by atoms with Gasteiger partial charge in [0.05, 0.1) is 0 Å². The normalized spacial score (nSPS) is 10.1. The number of ether oxygens (including phenoxy) is 2. The first-order valence-corrected chi connectivity index (χ1v) is 9.46. The molecule has 29 heavy (non-hydrogen) atoms. The lowest BCUT2D eigenvalue weighted by atomic mass is 10.2. The molecule has 7 heteroatoms. The molecule has 0 aliphatic rings. The first-order valence-electron chi connectivity index (χ1n) is 9.46. The monoisotopic (exact) mass is 403 g/mol. The number of aromatic hydroxyl groups is 1. The van der Waals surface area contributed by atoms with Gasteiger partial charge in [0, 0.05) is 19.0 Å². The van der Waals surface area contributed by atoms with Crippen molar-refractivity contribution in [2.24, 2.45) is 0 Å². The maximum Gasteiger partial charge on any atom is 0.341 e. The van der Waals surface area contributed by atoms with E-state index in [-0.39, 0.29) is 12.4 Å². The lowest BCUT2D eigenvalue weighted by molar-refractivity contribution is -0.134. The Kier molecular flexibility index (Phi) is 10.9. The van der Waals surface area contributed by atoms with Gasteiger partial charge in [-0.05, 0) is 31.3 Å². The van der Waals surface area contributed by atoms with Gasteiger partial charge in [0.25, 0.3) is 5.97 Å². The number of carbonyl (C=O) groups is 2. The van der Waals surface area contributed by atoms with Gasteiger partial charge in [-0.25, -0.2) is 4.79 Å².